The molecule has 1 N–H and O–H groups in total. The first-order valence-electron chi connectivity index (χ1n) is 6.79. The van der Waals surface area contributed by atoms with E-state index in [-0.39, 0.29) is 0 Å². The van der Waals surface area contributed by atoms with Crippen molar-refractivity contribution in [1.29, 1.82) is 0 Å². The van der Waals surface area contributed by atoms with E-state index in [1.54, 1.807) is 11.3 Å². The highest BCUT2D eigenvalue weighted by molar-refractivity contribution is 7.15. The predicted molar refractivity (Wildman–Crippen MR) is 83.0 cm³/mol. The van der Waals surface area contributed by atoms with Crippen molar-refractivity contribution in [2.45, 2.75) is 27.3 Å². The van der Waals surface area contributed by atoms with Crippen molar-refractivity contribution in [3.63, 3.8) is 0 Å². The first-order chi connectivity index (χ1) is 9.17. The third-order valence-electron chi connectivity index (χ3n) is 2.65. The van der Waals surface area contributed by atoms with Gasteiger partial charge in [0.2, 0.25) is 0 Å². The molecule has 0 aliphatic heterocycles. The summed E-state index contributed by atoms with van der Waals surface area (Å²) >= 11 is 1.76. The van der Waals surface area contributed by atoms with Crippen LogP contribution in [0.1, 0.15) is 25.6 Å². The molecular weight excluding hydrogens is 258 g/mol. The van der Waals surface area contributed by atoms with E-state index in [2.05, 4.69) is 35.6 Å². The zero-order valence-corrected chi connectivity index (χ0v) is 13.1. The van der Waals surface area contributed by atoms with Gasteiger partial charge >= 0.3 is 0 Å². The second-order valence-electron chi connectivity index (χ2n) is 4.47. The van der Waals surface area contributed by atoms with Gasteiger partial charge in [0.05, 0.1) is 13.2 Å². The molecule has 0 unspecified atom stereocenters. The lowest BCUT2D eigenvalue weighted by molar-refractivity contribution is 0.158. The summed E-state index contributed by atoms with van der Waals surface area (Å²) in [4.78, 5) is 7.99. The fourth-order valence-corrected chi connectivity index (χ4v) is 2.63. The van der Waals surface area contributed by atoms with E-state index in [4.69, 9.17) is 4.74 Å². The fraction of sp³-hybridized carbons (Fsp3) is 0.643. The van der Waals surface area contributed by atoms with Gasteiger partial charge < -0.3 is 15.0 Å². The molecule has 108 valence electrons. The van der Waals surface area contributed by atoms with Gasteiger partial charge in [0.25, 0.3) is 0 Å². The van der Waals surface area contributed by atoms with E-state index in [0.29, 0.717) is 13.2 Å². The van der Waals surface area contributed by atoms with E-state index in [1.807, 2.05) is 13.1 Å². The molecule has 1 aromatic rings. The van der Waals surface area contributed by atoms with Crippen LogP contribution in [0.5, 0.6) is 0 Å². The van der Waals surface area contributed by atoms with Crippen molar-refractivity contribution in [1.82, 2.24) is 10.3 Å². The summed E-state index contributed by atoms with van der Waals surface area (Å²) in [5.74, 6) is 0. The Labute approximate surface area is 120 Å². The molecule has 1 rings (SSSR count). The van der Waals surface area contributed by atoms with Gasteiger partial charge in [-0.15, -0.1) is 11.3 Å². The lowest BCUT2D eigenvalue weighted by Crippen LogP contribution is -2.21. The maximum atomic E-state index is 5.43. The zero-order valence-electron chi connectivity index (χ0n) is 12.2. The van der Waals surface area contributed by atoms with E-state index in [9.17, 15) is 0 Å². The molecule has 0 spiro atoms. The minimum atomic E-state index is 0.647. The summed E-state index contributed by atoms with van der Waals surface area (Å²) in [5, 5.41) is 4.47. The second-order valence-corrected chi connectivity index (χ2v) is 5.56. The van der Waals surface area contributed by atoms with Gasteiger partial charge in [-0.2, -0.15) is 0 Å². The van der Waals surface area contributed by atoms with Crippen LogP contribution in [0.25, 0.3) is 0 Å². The molecule has 0 aromatic carbocycles. The molecule has 0 radical (unpaired) electrons. The molecule has 0 amide bonds. The smallest absolute Gasteiger partial charge is 0.185 e. The van der Waals surface area contributed by atoms with E-state index < -0.39 is 0 Å². The highest BCUT2D eigenvalue weighted by Gasteiger charge is 2.07. The van der Waals surface area contributed by atoms with Crippen molar-refractivity contribution in [3.8, 4) is 0 Å². The number of hydrogen-bond acceptors (Lipinski definition) is 5. The highest BCUT2D eigenvalue weighted by Crippen LogP contribution is 2.21. The fourth-order valence-electron chi connectivity index (χ4n) is 1.62. The first kappa shape index (κ1) is 16.1. The Bertz CT molecular complexity index is 375. The Morgan fingerprint density at radius 1 is 1.47 bits per heavy atom. The lowest BCUT2D eigenvalue weighted by atomic mass is 10.4. The molecule has 0 aliphatic rings. The van der Waals surface area contributed by atoms with E-state index in [1.165, 1.54) is 4.88 Å². The van der Waals surface area contributed by atoms with Gasteiger partial charge in [0.1, 0.15) is 0 Å². The molecule has 5 heteroatoms. The molecule has 0 saturated carbocycles. The van der Waals surface area contributed by atoms with Crippen molar-refractivity contribution < 1.29 is 4.74 Å². The van der Waals surface area contributed by atoms with Crippen LogP contribution in [0.3, 0.4) is 0 Å². The SMILES string of the molecule is C=C(C)COCCNCc1cnc(N(CC)CC)s1. The monoisotopic (exact) mass is 283 g/mol. The molecule has 0 atom stereocenters. The molecule has 1 aromatic heterocycles. The van der Waals surface area contributed by atoms with Crippen LogP contribution in [-0.4, -0.2) is 37.8 Å². The molecule has 1 heterocycles. The van der Waals surface area contributed by atoms with Crippen molar-refractivity contribution >= 4 is 16.5 Å². The van der Waals surface area contributed by atoms with Gasteiger partial charge in [0.15, 0.2) is 5.13 Å². The summed E-state index contributed by atoms with van der Waals surface area (Å²) in [7, 11) is 0. The van der Waals surface area contributed by atoms with Crippen LogP contribution >= 0.6 is 11.3 Å². The summed E-state index contributed by atoms with van der Waals surface area (Å²) in [6, 6.07) is 0. The molecule has 0 fully saturated rings. The first-order valence-corrected chi connectivity index (χ1v) is 7.61. The average molecular weight is 283 g/mol. The number of anilines is 1. The third-order valence-corrected chi connectivity index (χ3v) is 3.70. The Balaban J connectivity index is 2.21. The van der Waals surface area contributed by atoms with Crippen molar-refractivity contribution in [2.24, 2.45) is 0 Å². The maximum Gasteiger partial charge on any atom is 0.185 e. The summed E-state index contributed by atoms with van der Waals surface area (Å²) in [6.07, 6.45) is 1.96. The van der Waals surface area contributed by atoms with Crippen LogP contribution in [0.4, 0.5) is 5.13 Å². The lowest BCUT2D eigenvalue weighted by Gasteiger charge is -2.16. The Hall–Kier alpha value is -0.910. The van der Waals surface area contributed by atoms with Crippen LogP contribution in [0.15, 0.2) is 18.3 Å². The third kappa shape index (κ3) is 6.18. The Kier molecular flexibility index (Phi) is 7.70. The molecule has 0 saturated heterocycles. The predicted octanol–water partition coefficient (Wildman–Crippen LogP) is 2.67. The quantitative estimate of drug-likeness (QED) is 0.529. The summed E-state index contributed by atoms with van der Waals surface area (Å²) < 4.78 is 5.43. The summed E-state index contributed by atoms with van der Waals surface area (Å²) in [6.45, 7) is 15.2. The second kappa shape index (κ2) is 9.07. The number of hydrogen-bond donors (Lipinski definition) is 1. The van der Waals surface area contributed by atoms with E-state index >= 15 is 0 Å². The normalized spacial score (nSPS) is 10.7. The van der Waals surface area contributed by atoms with Crippen molar-refractivity contribution in [2.75, 3.05) is 37.7 Å². The molecular formula is C14H25N3OS. The van der Waals surface area contributed by atoms with Gasteiger partial charge in [-0.25, -0.2) is 4.98 Å². The van der Waals surface area contributed by atoms with Crippen LogP contribution in [0, 0.1) is 0 Å². The van der Waals surface area contributed by atoms with Crippen LogP contribution < -0.4 is 10.2 Å². The number of rotatable bonds is 10. The zero-order chi connectivity index (χ0) is 14.1. The van der Waals surface area contributed by atoms with Gasteiger partial charge in [0, 0.05) is 37.3 Å². The van der Waals surface area contributed by atoms with Crippen molar-refractivity contribution in [3.05, 3.63) is 23.2 Å². The van der Waals surface area contributed by atoms with Crippen LogP contribution in [-0.2, 0) is 11.3 Å². The minimum absolute atomic E-state index is 0.647. The largest absolute Gasteiger partial charge is 0.376 e. The van der Waals surface area contributed by atoms with Crippen LogP contribution in [0.2, 0.25) is 0 Å². The number of nitrogens with zero attached hydrogens (tertiary/aromatic N) is 2. The topological polar surface area (TPSA) is 37.4 Å². The van der Waals surface area contributed by atoms with Gasteiger partial charge in [-0.1, -0.05) is 12.2 Å². The number of aromatic nitrogens is 1. The standard InChI is InChI=1S/C14H25N3OS/c1-5-17(6-2)14-16-10-13(19-14)9-15-7-8-18-11-12(3)4/h10,15H,3,5-9,11H2,1-2,4H3. The Morgan fingerprint density at radius 3 is 2.84 bits per heavy atom. The average Bonchev–Trinajstić information content (AvgIpc) is 2.83. The molecule has 0 aliphatic carbocycles. The highest BCUT2D eigenvalue weighted by atomic mass is 32.1. The molecule has 19 heavy (non-hydrogen) atoms. The summed E-state index contributed by atoms with van der Waals surface area (Å²) in [5.41, 5.74) is 1.06. The number of thiazole rings is 1. The number of nitrogens with one attached hydrogen (secondary N) is 1. The number of ether oxygens (including phenoxy) is 1. The maximum absolute atomic E-state index is 5.43. The molecule has 4 nitrogen and oxygen atoms in total. The van der Waals surface area contributed by atoms with Gasteiger partial charge in [-0.3, -0.25) is 0 Å². The van der Waals surface area contributed by atoms with E-state index in [0.717, 1.165) is 36.9 Å². The minimum Gasteiger partial charge on any atom is -0.376 e. The molecule has 0 bridgehead atoms. The Morgan fingerprint density at radius 2 is 2.21 bits per heavy atom. The van der Waals surface area contributed by atoms with Gasteiger partial charge in [-0.05, 0) is 20.8 Å².